The minimum absolute atomic E-state index is 0.0152. The summed E-state index contributed by atoms with van der Waals surface area (Å²) in [5, 5.41) is 4.32. The van der Waals surface area contributed by atoms with Crippen molar-refractivity contribution in [2.75, 3.05) is 4.90 Å². The van der Waals surface area contributed by atoms with Crippen LogP contribution in [0.3, 0.4) is 0 Å². The number of hydrogen-bond donors (Lipinski definition) is 1. The lowest BCUT2D eigenvalue weighted by molar-refractivity contribution is 0.353. The maximum atomic E-state index is 5.83. The molecule has 3 heterocycles. The van der Waals surface area contributed by atoms with E-state index >= 15 is 0 Å². The van der Waals surface area contributed by atoms with Crippen LogP contribution in [0.2, 0.25) is 0 Å². The van der Waals surface area contributed by atoms with Crippen LogP contribution in [0.25, 0.3) is 0 Å². The molecule has 0 radical (unpaired) electrons. The summed E-state index contributed by atoms with van der Waals surface area (Å²) in [6.45, 7) is 2.13. The van der Waals surface area contributed by atoms with Gasteiger partial charge in [-0.25, -0.2) is 0 Å². The van der Waals surface area contributed by atoms with E-state index in [0.29, 0.717) is 6.04 Å². The fourth-order valence-corrected chi connectivity index (χ4v) is 5.31. The summed E-state index contributed by atoms with van der Waals surface area (Å²) in [5.74, 6) is 0. The van der Waals surface area contributed by atoms with Gasteiger partial charge in [0.05, 0.1) is 17.8 Å². The van der Waals surface area contributed by atoms with Crippen molar-refractivity contribution in [2.24, 2.45) is 0 Å². The van der Waals surface area contributed by atoms with Gasteiger partial charge in [-0.1, -0.05) is 37.5 Å². The second-order valence-corrected chi connectivity index (χ2v) is 8.91. The van der Waals surface area contributed by atoms with Gasteiger partial charge in [0.15, 0.2) is 5.11 Å². The zero-order valence-corrected chi connectivity index (χ0v) is 18.2. The molecule has 1 aliphatic heterocycles. The predicted octanol–water partition coefficient (Wildman–Crippen LogP) is 5.87. The number of aryl methyl sites for hydroxylation is 1. The highest BCUT2D eigenvalue weighted by Gasteiger charge is 2.41. The van der Waals surface area contributed by atoms with E-state index in [2.05, 4.69) is 75.5 Å². The predicted molar refractivity (Wildman–Crippen MR) is 126 cm³/mol. The molecule has 30 heavy (non-hydrogen) atoms. The number of anilines is 1. The van der Waals surface area contributed by atoms with E-state index < -0.39 is 0 Å². The molecule has 2 aromatic heterocycles. The smallest absolute Gasteiger partial charge is 0.174 e. The molecule has 2 fully saturated rings. The van der Waals surface area contributed by atoms with Crippen molar-refractivity contribution in [3.05, 3.63) is 83.9 Å². The molecular weight excluding hydrogens is 388 g/mol. The average molecular weight is 417 g/mol. The number of nitrogens with zero attached hydrogens (tertiary/aromatic N) is 3. The van der Waals surface area contributed by atoms with Gasteiger partial charge in [-0.05, 0) is 73.4 Å². The van der Waals surface area contributed by atoms with Gasteiger partial charge in [0, 0.05) is 30.3 Å². The minimum atomic E-state index is 0.0152. The van der Waals surface area contributed by atoms with Crippen LogP contribution in [0.4, 0.5) is 5.69 Å². The van der Waals surface area contributed by atoms with Crippen LogP contribution in [0.1, 0.15) is 67.1 Å². The summed E-state index contributed by atoms with van der Waals surface area (Å²) in [6.07, 6.45) is 13.1. The van der Waals surface area contributed by atoms with Crippen molar-refractivity contribution in [1.29, 1.82) is 0 Å². The molecular formula is C25H28N4S. The largest absolute Gasteiger partial charge is 0.351 e. The summed E-state index contributed by atoms with van der Waals surface area (Å²) < 4.78 is 2.43. The van der Waals surface area contributed by atoms with Crippen LogP contribution in [0, 0.1) is 6.92 Å². The number of pyridine rings is 1. The van der Waals surface area contributed by atoms with Crippen molar-refractivity contribution >= 4 is 23.0 Å². The van der Waals surface area contributed by atoms with Crippen molar-refractivity contribution in [3.63, 3.8) is 0 Å². The Kier molecular flexibility index (Phi) is 5.30. The van der Waals surface area contributed by atoms with Crippen molar-refractivity contribution in [2.45, 2.75) is 57.2 Å². The van der Waals surface area contributed by atoms with E-state index in [9.17, 15) is 0 Å². The first-order valence-electron chi connectivity index (χ1n) is 11.0. The van der Waals surface area contributed by atoms with Crippen LogP contribution < -0.4 is 10.2 Å². The third-order valence-electron chi connectivity index (χ3n) is 6.45. The van der Waals surface area contributed by atoms with Gasteiger partial charge in [0.25, 0.3) is 0 Å². The molecule has 0 spiro atoms. The Labute approximate surface area is 183 Å². The van der Waals surface area contributed by atoms with Gasteiger partial charge in [-0.2, -0.15) is 0 Å². The van der Waals surface area contributed by atoms with Gasteiger partial charge in [0.1, 0.15) is 0 Å². The highest BCUT2D eigenvalue weighted by atomic mass is 32.1. The fourth-order valence-electron chi connectivity index (χ4n) is 4.96. The first-order valence-corrected chi connectivity index (χ1v) is 11.4. The van der Waals surface area contributed by atoms with Gasteiger partial charge >= 0.3 is 0 Å². The first kappa shape index (κ1) is 19.3. The van der Waals surface area contributed by atoms with E-state index in [1.165, 1.54) is 43.2 Å². The molecule has 1 saturated heterocycles. The summed E-state index contributed by atoms with van der Waals surface area (Å²) in [7, 11) is 0. The van der Waals surface area contributed by atoms with Crippen LogP contribution in [-0.4, -0.2) is 14.7 Å². The fraction of sp³-hybridized carbons (Fsp3) is 0.360. The first-order chi connectivity index (χ1) is 14.7. The Morgan fingerprint density at radius 3 is 2.67 bits per heavy atom. The monoisotopic (exact) mass is 416 g/mol. The van der Waals surface area contributed by atoms with Crippen molar-refractivity contribution in [3.8, 4) is 0 Å². The number of thiocarbonyl (C=S) groups is 1. The highest BCUT2D eigenvalue weighted by Crippen LogP contribution is 2.42. The number of nitrogens with one attached hydrogen (secondary N) is 1. The van der Waals surface area contributed by atoms with E-state index in [-0.39, 0.29) is 12.1 Å². The van der Waals surface area contributed by atoms with E-state index in [1.807, 2.05) is 18.3 Å². The molecule has 2 atom stereocenters. The molecule has 5 heteroatoms. The van der Waals surface area contributed by atoms with E-state index in [0.717, 1.165) is 16.5 Å². The quantitative estimate of drug-likeness (QED) is 0.539. The maximum Gasteiger partial charge on any atom is 0.174 e. The lowest BCUT2D eigenvalue weighted by Gasteiger charge is -2.28. The molecule has 0 unspecified atom stereocenters. The molecule has 1 saturated carbocycles. The third kappa shape index (κ3) is 3.63. The summed E-state index contributed by atoms with van der Waals surface area (Å²) in [5.41, 5.74) is 4.66. The van der Waals surface area contributed by atoms with Crippen LogP contribution in [-0.2, 0) is 0 Å². The molecule has 1 N–H and O–H groups in total. The van der Waals surface area contributed by atoms with Gasteiger partial charge in [-0.3, -0.25) is 4.98 Å². The van der Waals surface area contributed by atoms with Crippen molar-refractivity contribution < 1.29 is 0 Å². The topological polar surface area (TPSA) is 33.1 Å². The molecule has 3 aromatic rings. The van der Waals surface area contributed by atoms with Gasteiger partial charge < -0.3 is 14.8 Å². The second-order valence-electron chi connectivity index (χ2n) is 8.52. The standard InChI is InChI=1S/C25H28N4S/c1-18-8-7-11-21(16-18)29-24(23(27-25(29)30)22-12-5-6-14-26-22)19-13-15-28(17-19)20-9-3-2-4-10-20/h5-8,11-17,20,23-24H,2-4,9-10H2,1H3,(H,27,30)/t23-,24-/m0/s1. The summed E-state index contributed by atoms with van der Waals surface area (Å²) in [4.78, 5) is 6.92. The third-order valence-corrected chi connectivity index (χ3v) is 6.77. The molecule has 0 amide bonds. The Morgan fingerprint density at radius 2 is 1.90 bits per heavy atom. The summed E-state index contributed by atoms with van der Waals surface area (Å²) >= 11 is 5.83. The Morgan fingerprint density at radius 1 is 1.03 bits per heavy atom. The van der Waals surface area contributed by atoms with Crippen LogP contribution >= 0.6 is 12.2 Å². The van der Waals surface area contributed by atoms with E-state index in [4.69, 9.17) is 12.2 Å². The molecule has 1 aliphatic carbocycles. The molecule has 5 rings (SSSR count). The number of benzene rings is 1. The molecule has 2 aliphatic rings. The lowest BCUT2D eigenvalue weighted by Crippen LogP contribution is -2.29. The van der Waals surface area contributed by atoms with Crippen LogP contribution in [0.15, 0.2) is 67.1 Å². The molecule has 154 valence electrons. The summed E-state index contributed by atoms with van der Waals surface area (Å²) in [6, 6.07) is 17.7. The normalized spacial score (nSPS) is 22.3. The Hall–Kier alpha value is -2.66. The van der Waals surface area contributed by atoms with E-state index in [1.54, 1.807) is 0 Å². The molecule has 0 bridgehead atoms. The minimum Gasteiger partial charge on any atom is -0.351 e. The Balaban J connectivity index is 1.56. The molecule has 1 aromatic carbocycles. The average Bonchev–Trinajstić information content (AvgIpc) is 3.39. The SMILES string of the molecule is Cc1cccc(N2C(=S)N[C@@H](c3ccccn3)[C@@H]2c2ccn(C3CCCCC3)c2)c1. The van der Waals surface area contributed by atoms with Gasteiger partial charge in [0.2, 0.25) is 0 Å². The highest BCUT2D eigenvalue weighted by molar-refractivity contribution is 7.80. The number of aromatic nitrogens is 2. The van der Waals surface area contributed by atoms with Crippen LogP contribution in [0.5, 0.6) is 0 Å². The Bertz CT molecular complexity index is 1020. The maximum absolute atomic E-state index is 5.83. The zero-order chi connectivity index (χ0) is 20.5. The number of hydrogen-bond acceptors (Lipinski definition) is 2. The van der Waals surface area contributed by atoms with Gasteiger partial charge in [-0.15, -0.1) is 0 Å². The second kappa shape index (κ2) is 8.23. The number of rotatable bonds is 4. The lowest BCUT2D eigenvalue weighted by atomic mass is 9.95. The van der Waals surface area contributed by atoms with Crippen molar-refractivity contribution in [1.82, 2.24) is 14.9 Å². The molecule has 4 nitrogen and oxygen atoms in total. The zero-order valence-electron chi connectivity index (χ0n) is 17.4.